The molecule has 1 N–H and O–H groups in total. The number of amides is 1. The molecule has 0 radical (unpaired) electrons. The number of nitrogens with one attached hydrogen (secondary N) is 1. The first-order valence-electron chi connectivity index (χ1n) is 9.09. The van der Waals surface area contributed by atoms with Gasteiger partial charge in [0.1, 0.15) is 6.54 Å². The van der Waals surface area contributed by atoms with Gasteiger partial charge in [-0.25, -0.2) is 4.79 Å². The second-order valence-electron chi connectivity index (χ2n) is 6.42. The first kappa shape index (κ1) is 20.7. The number of hydrogen-bond donors (Lipinski definition) is 1. The van der Waals surface area contributed by atoms with E-state index < -0.39 is 30.3 Å². The van der Waals surface area contributed by atoms with Crippen LogP contribution in [0.25, 0.3) is 11.5 Å². The summed E-state index contributed by atoms with van der Waals surface area (Å²) in [7, 11) is 0. The number of carbonyl (C=O) groups excluding carboxylic acids is 3. The molecular weight excluding hydrogens is 390 g/mol. The van der Waals surface area contributed by atoms with E-state index in [0.717, 1.165) is 4.68 Å². The van der Waals surface area contributed by atoms with Crippen LogP contribution in [0.1, 0.15) is 24.2 Å². The van der Waals surface area contributed by atoms with E-state index in [2.05, 4.69) is 10.4 Å². The number of ether oxygens (including phenoxy) is 1. The average molecular weight is 409 g/mol. The second-order valence-corrected chi connectivity index (χ2v) is 6.42. The Morgan fingerprint density at radius 1 is 1.10 bits per heavy atom. The largest absolute Gasteiger partial charge is 0.451 e. The van der Waals surface area contributed by atoms with Crippen LogP contribution in [0, 0.1) is 0 Å². The minimum atomic E-state index is -1.16. The fourth-order valence-electron chi connectivity index (χ4n) is 2.65. The molecule has 1 amide bonds. The number of ketones is 1. The van der Waals surface area contributed by atoms with Crippen LogP contribution in [-0.2, 0) is 20.9 Å². The summed E-state index contributed by atoms with van der Waals surface area (Å²) in [6, 6.07) is 15.2. The van der Waals surface area contributed by atoms with Crippen molar-refractivity contribution >= 4 is 23.3 Å². The van der Waals surface area contributed by atoms with Gasteiger partial charge in [0.05, 0.1) is 5.69 Å². The number of aromatic nitrogens is 2. The molecule has 0 aliphatic carbocycles. The zero-order valence-corrected chi connectivity index (χ0v) is 16.3. The number of para-hydroxylation sites is 1. The Kier molecular flexibility index (Phi) is 6.21. The van der Waals surface area contributed by atoms with Crippen molar-refractivity contribution in [3.05, 3.63) is 70.7 Å². The minimum Gasteiger partial charge on any atom is -0.451 e. The maximum absolute atomic E-state index is 12.3. The van der Waals surface area contributed by atoms with Gasteiger partial charge in [0.2, 0.25) is 5.89 Å². The highest BCUT2D eigenvalue weighted by Crippen LogP contribution is 2.16. The standard InChI is InChI=1S/C21H19N3O6/c1-13(25)16-10-6-7-11-17(16)22-19(27)14(2)29-18(26)12-24-21(28)30-20(23-24)15-8-4-3-5-9-15/h3-11,14H,12H2,1-2H3,(H,22,27)/t14-/m1/s1. The maximum Gasteiger partial charge on any atom is 0.437 e. The van der Waals surface area contributed by atoms with E-state index in [4.69, 9.17) is 9.15 Å². The lowest BCUT2D eigenvalue weighted by Crippen LogP contribution is -2.33. The second kappa shape index (κ2) is 8.99. The van der Waals surface area contributed by atoms with Crippen molar-refractivity contribution in [1.82, 2.24) is 9.78 Å². The van der Waals surface area contributed by atoms with Crippen molar-refractivity contribution in [3.63, 3.8) is 0 Å². The highest BCUT2D eigenvalue weighted by Gasteiger charge is 2.21. The van der Waals surface area contributed by atoms with Crippen LogP contribution in [-0.4, -0.2) is 33.5 Å². The normalized spacial score (nSPS) is 11.5. The summed E-state index contributed by atoms with van der Waals surface area (Å²) < 4.78 is 10.9. The molecule has 0 saturated heterocycles. The van der Waals surface area contributed by atoms with Gasteiger partial charge < -0.3 is 14.5 Å². The molecule has 2 aromatic carbocycles. The van der Waals surface area contributed by atoms with E-state index in [9.17, 15) is 19.2 Å². The molecule has 1 heterocycles. The molecule has 0 bridgehead atoms. The molecule has 0 aliphatic heterocycles. The molecule has 0 spiro atoms. The Balaban J connectivity index is 1.63. The van der Waals surface area contributed by atoms with E-state index in [0.29, 0.717) is 16.8 Å². The number of hydrogen-bond acceptors (Lipinski definition) is 7. The highest BCUT2D eigenvalue weighted by atomic mass is 16.5. The number of esters is 1. The Hall–Kier alpha value is -4.01. The molecule has 1 atom stereocenters. The van der Waals surface area contributed by atoms with Crippen molar-refractivity contribution < 1.29 is 23.5 Å². The number of Topliss-reactive ketones (excluding diaryl/α,β-unsaturated/α-hetero) is 1. The number of rotatable bonds is 7. The van der Waals surface area contributed by atoms with Gasteiger partial charge in [-0.3, -0.25) is 14.4 Å². The van der Waals surface area contributed by atoms with Crippen LogP contribution in [0.2, 0.25) is 0 Å². The van der Waals surface area contributed by atoms with E-state index in [1.807, 2.05) is 0 Å². The van der Waals surface area contributed by atoms with Crippen molar-refractivity contribution in [2.24, 2.45) is 0 Å². The van der Waals surface area contributed by atoms with Gasteiger partial charge in [-0.15, -0.1) is 5.10 Å². The van der Waals surface area contributed by atoms with Crippen LogP contribution >= 0.6 is 0 Å². The Labute approximate surface area is 171 Å². The van der Waals surface area contributed by atoms with Crippen LogP contribution in [0.5, 0.6) is 0 Å². The van der Waals surface area contributed by atoms with Gasteiger partial charge >= 0.3 is 11.7 Å². The molecule has 1 aromatic heterocycles. The summed E-state index contributed by atoms with van der Waals surface area (Å²) in [5.74, 6) is -2.42. The van der Waals surface area contributed by atoms with E-state index in [1.165, 1.54) is 13.8 Å². The zero-order chi connectivity index (χ0) is 21.7. The average Bonchev–Trinajstić information content (AvgIpc) is 3.09. The van der Waals surface area contributed by atoms with Gasteiger partial charge in [0.15, 0.2) is 11.9 Å². The first-order chi connectivity index (χ1) is 14.3. The van der Waals surface area contributed by atoms with E-state index in [-0.39, 0.29) is 11.7 Å². The highest BCUT2D eigenvalue weighted by molar-refractivity contribution is 6.04. The fourth-order valence-corrected chi connectivity index (χ4v) is 2.65. The van der Waals surface area contributed by atoms with Gasteiger partial charge in [-0.05, 0) is 38.1 Å². The molecule has 154 valence electrons. The van der Waals surface area contributed by atoms with E-state index in [1.54, 1.807) is 54.6 Å². The van der Waals surface area contributed by atoms with Crippen LogP contribution in [0.3, 0.4) is 0 Å². The molecule has 0 unspecified atom stereocenters. The monoisotopic (exact) mass is 409 g/mol. The lowest BCUT2D eigenvalue weighted by Gasteiger charge is -2.14. The fraction of sp³-hybridized carbons (Fsp3) is 0.190. The third kappa shape index (κ3) is 4.88. The van der Waals surface area contributed by atoms with Crippen LogP contribution < -0.4 is 11.1 Å². The SMILES string of the molecule is CC(=O)c1ccccc1NC(=O)[C@@H](C)OC(=O)Cn1nc(-c2ccccc2)oc1=O. The van der Waals surface area contributed by atoms with Gasteiger partial charge in [-0.1, -0.05) is 30.3 Å². The predicted octanol–water partition coefficient (Wildman–Crippen LogP) is 2.28. The Bertz CT molecular complexity index is 1130. The third-order valence-electron chi connectivity index (χ3n) is 4.15. The maximum atomic E-state index is 12.3. The summed E-state index contributed by atoms with van der Waals surface area (Å²) in [5, 5.41) is 6.53. The summed E-state index contributed by atoms with van der Waals surface area (Å²) in [6.07, 6.45) is -1.16. The van der Waals surface area contributed by atoms with E-state index >= 15 is 0 Å². The Morgan fingerprint density at radius 3 is 2.47 bits per heavy atom. The topological polar surface area (TPSA) is 120 Å². The summed E-state index contributed by atoms with van der Waals surface area (Å²) in [6.45, 7) is 2.25. The van der Waals surface area contributed by atoms with Crippen molar-refractivity contribution in [2.75, 3.05) is 5.32 Å². The minimum absolute atomic E-state index is 0.0695. The lowest BCUT2D eigenvalue weighted by molar-refractivity contribution is -0.154. The van der Waals surface area contributed by atoms with Gasteiger partial charge in [0, 0.05) is 11.1 Å². The number of benzene rings is 2. The number of nitrogens with zero attached hydrogens (tertiary/aromatic N) is 2. The summed E-state index contributed by atoms with van der Waals surface area (Å²) in [4.78, 5) is 48.1. The predicted molar refractivity (Wildman–Crippen MR) is 107 cm³/mol. The molecule has 30 heavy (non-hydrogen) atoms. The molecular formula is C21H19N3O6. The van der Waals surface area contributed by atoms with Crippen molar-refractivity contribution in [1.29, 1.82) is 0 Å². The smallest absolute Gasteiger partial charge is 0.437 e. The molecule has 3 aromatic rings. The molecule has 9 heteroatoms. The molecule has 0 fully saturated rings. The van der Waals surface area contributed by atoms with Crippen LogP contribution in [0.15, 0.2) is 63.8 Å². The first-order valence-corrected chi connectivity index (χ1v) is 9.09. The summed E-state index contributed by atoms with van der Waals surface area (Å²) in [5.41, 5.74) is 1.24. The van der Waals surface area contributed by atoms with Gasteiger partial charge in [-0.2, -0.15) is 4.68 Å². The zero-order valence-electron chi connectivity index (χ0n) is 16.3. The molecule has 9 nitrogen and oxygen atoms in total. The molecule has 0 aliphatic rings. The molecule has 3 rings (SSSR count). The Morgan fingerprint density at radius 2 is 1.77 bits per heavy atom. The molecule has 0 saturated carbocycles. The van der Waals surface area contributed by atoms with Crippen molar-refractivity contribution in [2.45, 2.75) is 26.5 Å². The third-order valence-corrected chi connectivity index (χ3v) is 4.15. The van der Waals surface area contributed by atoms with Gasteiger partial charge in [0.25, 0.3) is 5.91 Å². The quantitative estimate of drug-likeness (QED) is 0.469. The number of carbonyl (C=O) groups is 3. The summed E-state index contributed by atoms with van der Waals surface area (Å²) >= 11 is 0. The van der Waals surface area contributed by atoms with Crippen LogP contribution in [0.4, 0.5) is 5.69 Å². The van der Waals surface area contributed by atoms with Crippen molar-refractivity contribution in [3.8, 4) is 11.5 Å². The lowest BCUT2D eigenvalue weighted by atomic mass is 10.1. The number of anilines is 1.